The van der Waals surface area contributed by atoms with Gasteiger partial charge in [0, 0.05) is 38.3 Å². The van der Waals surface area contributed by atoms with E-state index < -0.39 is 11.6 Å². The number of amides is 1. The summed E-state index contributed by atoms with van der Waals surface area (Å²) >= 11 is 6.04. The molecule has 4 bridgehead atoms. The zero-order valence-electron chi connectivity index (χ0n) is 18.5. The molecule has 2 aromatic rings. The van der Waals surface area contributed by atoms with E-state index in [2.05, 4.69) is 15.0 Å². The SMILES string of the molecule is O=C(N1CCN(Cc2cccc(F)c2F)CC1)C12CC3CC(C1)CC(n1cnc(Cl)n1)(C3)C2. The smallest absolute Gasteiger partial charge is 0.242 e. The fourth-order valence-electron chi connectivity index (χ4n) is 7.56. The van der Waals surface area contributed by atoms with Gasteiger partial charge in [-0.15, -0.1) is 5.10 Å². The number of aromatic nitrogens is 3. The van der Waals surface area contributed by atoms with Crippen LogP contribution in [0.3, 0.4) is 0 Å². The van der Waals surface area contributed by atoms with Crippen LogP contribution in [0.4, 0.5) is 8.78 Å². The van der Waals surface area contributed by atoms with Crippen molar-refractivity contribution in [2.75, 3.05) is 26.2 Å². The fourth-order valence-corrected chi connectivity index (χ4v) is 7.68. The minimum absolute atomic E-state index is 0.156. The third-order valence-electron chi connectivity index (χ3n) is 8.52. The number of halogens is 3. The highest BCUT2D eigenvalue weighted by atomic mass is 35.5. The summed E-state index contributed by atoms with van der Waals surface area (Å²) in [6.07, 6.45) is 7.75. The minimum Gasteiger partial charge on any atom is -0.340 e. The second-order valence-electron chi connectivity index (χ2n) is 10.7. The van der Waals surface area contributed by atoms with E-state index in [4.69, 9.17) is 11.6 Å². The van der Waals surface area contributed by atoms with E-state index in [0.29, 0.717) is 50.1 Å². The zero-order chi connectivity index (χ0) is 22.8. The summed E-state index contributed by atoms with van der Waals surface area (Å²) in [5, 5.41) is 4.71. The highest BCUT2D eigenvalue weighted by molar-refractivity contribution is 6.28. The maximum absolute atomic E-state index is 14.1. The Labute approximate surface area is 196 Å². The van der Waals surface area contributed by atoms with Crippen molar-refractivity contribution in [3.05, 3.63) is 47.0 Å². The molecule has 9 heteroatoms. The molecule has 6 nitrogen and oxygen atoms in total. The van der Waals surface area contributed by atoms with Gasteiger partial charge in [0.05, 0.1) is 11.0 Å². The van der Waals surface area contributed by atoms with Gasteiger partial charge in [-0.05, 0) is 68.0 Å². The molecule has 1 aliphatic heterocycles. The van der Waals surface area contributed by atoms with Crippen LogP contribution in [-0.2, 0) is 16.9 Å². The average molecular weight is 476 g/mol. The van der Waals surface area contributed by atoms with E-state index in [1.54, 1.807) is 18.5 Å². The molecule has 1 saturated heterocycles. The standard InChI is InChI=1S/C24H28ClF2N5O/c25-22-28-15-32(29-22)24-11-16-8-17(12-24)10-23(9-16,14-24)21(33)31-6-4-30(5-7-31)13-18-2-1-3-19(26)20(18)27/h1-3,15-17H,4-14H2. The van der Waals surface area contributed by atoms with Crippen LogP contribution in [-0.4, -0.2) is 56.7 Å². The summed E-state index contributed by atoms with van der Waals surface area (Å²) in [4.78, 5) is 22.2. The van der Waals surface area contributed by atoms with E-state index in [9.17, 15) is 13.6 Å². The largest absolute Gasteiger partial charge is 0.340 e. The van der Waals surface area contributed by atoms with Crippen molar-refractivity contribution in [1.82, 2.24) is 24.6 Å². The number of carbonyl (C=O) groups is 1. The van der Waals surface area contributed by atoms with Gasteiger partial charge in [-0.3, -0.25) is 9.69 Å². The van der Waals surface area contributed by atoms with Crippen molar-refractivity contribution in [3.63, 3.8) is 0 Å². The molecule has 176 valence electrons. The molecule has 2 atom stereocenters. The summed E-state index contributed by atoms with van der Waals surface area (Å²) in [5.41, 5.74) is -0.125. The zero-order valence-corrected chi connectivity index (χ0v) is 19.3. The first-order valence-corrected chi connectivity index (χ1v) is 12.3. The van der Waals surface area contributed by atoms with Gasteiger partial charge in [-0.25, -0.2) is 18.4 Å². The molecule has 0 N–H and O–H groups in total. The van der Waals surface area contributed by atoms with Crippen molar-refractivity contribution in [1.29, 1.82) is 0 Å². The predicted octanol–water partition coefficient (Wildman–Crippen LogP) is 3.85. The molecule has 1 aromatic heterocycles. The first kappa shape index (κ1) is 21.5. The number of carbonyl (C=O) groups excluding carboxylic acids is 1. The molecule has 33 heavy (non-hydrogen) atoms. The molecule has 0 radical (unpaired) electrons. The fraction of sp³-hybridized carbons (Fsp3) is 0.625. The molecule has 1 aromatic carbocycles. The monoisotopic (exact) mass is 475 g/mol. The van der Waals surface area contributed by atoms with Crippen LogP contribution >= 0.6 is 11.6 Å². The van der Waals surface area contributed by atoms with E-state index in [1.807, 2.05) is 9.58 Å². The average Bonchev–Trinajstić information content (AvgIpc) is 3.23. The van der Waals surface area contributed by atoms with E-state index in [1.165, 1.54) is 6.42 Å². The number of rotatable bonds is 4. The topological polar surface area (TPSA) is 54.3 Å². The van der Waals surface area contributed by atoms with Gasteiger partial charge in [0.15, 0.2) is 11.6 Å². The Morgan fingerprint density at radius 1 is 1.09 bits per heavy atom. The van der Waals surface area contributed by atoms with Gasteiger partial charge in [0.1, 0.15) is 6.33 Å². The minimum atomic E-state index is -0.814. The number of benzene rings is 1. The third kappa shape index (κ3) is 3.57. The molecular weight excluding hydrogens is 448 g/mol. The first-order chi connectivity index (χ1) is 15.9. The summed E-state index contributed by atoms with van der Waals surface area (Å²) in [6, 6.07) is 4.31. The lowest BCUT2D eigenvalue weighted by Crippen LogP contribution is -2.62. The molecule has 2 heterocycles. The van der Waals surface area contributed by atoms with Crippen molar-refractivity contribution >= 4 is 17.5 Å². The van der Waals surface area contributed by atoms with Crippen LogP contribution in [0, 0.1) is 28.9 Å². The summed E-state index contributed by atoms with van der Waals surface area (Å²) in [5.74, 6) is -0.247. The van der Waals surface area contributed by atoms with Crippen LogP contribution in [0.2, 0.25) is 5.28 Å². The predicted molar refractivity (Wildman–Crippen MR) is 118 cm³/mol. The Bertz CT molecular complexity index is 1070. The molecule has 5 aliphatic rings. The van der Waals surface area contributed by atoms with Gasteiger partial charge in [-0.1, -0.05) is 12.1 Å². The van der Waals surface area contributed by atoms with Gasteiger partial charge in [0.2, 0.25) is 11.2 Å². The van der Waals surface area contributed by atoms with Gasteiger partial charge in [-0.2, -0.15) is 0 Å². The molecule has 4 saturated carbocycles. The van der Waals surface area contributed by atoms with Crippen molar-refractivity contribution in [2.45, 2.75) is 50.6 Å². The van der Waals surface area contributed by atoms with Crippen LogP contribution < -0.4 is 0 Å². The van der Waals surface area contributed by atoms with Crippen molar-refractivity contribution in [2.24, 2.45) is 17.3 Å². The molecular formula is C24H28ClF2N5O. The second-order valence-corrected chi connectivity index (χ2v) is 11.0. The lowest BCUT2D eigenvalue weighted by Gasteiger charge is -2.61. The maximum Gasteiger partial charge on any atom is 0.242 e. The van der Waals surface area contributed by atoms with Gasteiger partial charge >= 0.3 is 0 Å². The summed E-state index contributed by atoms with van der Waals surface area (Å²) in [7, 11) is 0. The van der Waals surface area contributed by atoms with E-state index >= 15 is 0 Å². The highest BCUT2D eigenvalue weighted by Crippen LogP contribution is 2.64. The Kier molecular flexibility index (Phi) is 5.03. The number of nitrogens with zero attached hydrogens (tertiary/aromatic N) is 5. The summed E-state index contributed by atoms with van der Waals surface area (Å²) < 4.78 is 29.6. The molecule has 2 unspecified atom stereocenters. The highest BCUT2D eigenvalue weighted by Gasteiger charge is 2.62. The lowest BCUT2D eigenvalue weighted by molar-refractivity contribution is -0.168. The molecule has 4 aliphatic carbocycles. The Hall–Kier alpha value is -2.06. The van der Waals surface area contributed by atoms with Crippen LogP contribution in [0.1, 0.15) is 44.1 Å². The normalized spacial score (nSPS) is 33.6. The van der Waals surface area contributed by atoms with E-state index in [0.717, 1.165) is 38.2 Å². The number of hydrogen-bond donors (Lipinski definition) is 0. The lowest BCUT2D eigenvalue weighted by atomic mass is 9.46. The summed E-state index contributed by atoms with van der Waals surface area (Å²) in [6.45, 7) is 2.92. The third-order valence-corrected chi connectivity index (χ3v) is 8.69. The Morgan fingerprint density at radius 2 is 1.82 bits per heavy atom. The Balaban J connectivity index is 1.16. The van der Waals surface area contributed by atoms with Crippen LogP contribution in [0.5, 0.6) is 0 Å². The molecule has 1 amide bonds. The number of piperazine rings is 1. The second kappa shape index (κ2) is 7.73. The Morgan fingerprint density at radius 3 is 2.48 bits per heavy atom. The first-order valence-electron chi connectivity index (χ1n) is 11.9. The maximum atomic E-state index is 14.1. The van der Waals surface area contributed by atoms with Crippen LogP contribution in [0.25, 0.3) is 0 Å². The van der Waals surface area contributed by atoms with Crippen molar-refractivity contribution in [3.8, 4) is 0 Å². The van der Waals surface area contributed by atoms with Gasteiger partial charge in [0.25, 0.3) is 0 Å². The number of hydrogen-bond acceptors (Lipinski definition) is 4. The molecule has 0 spiro atoms. The molecule has 7 rings (SSSR count). The van der Waals surface area contributed by atoms with Gasteiger partial charge < -0.3 is 4.90 Å². The molecule has 5 fully saturated rings. The van der Waals surface area contributed by atoms with E-state index in [-0.39, 0.29) is 22.1 Å². The van der Waals surface area contributed by atoms with Crippen LogP contribution in [0.15, 0.2) is 24.5 Å². The van der Waals surface area contributed by atoms with Crippen molar-refractivity contribution < 1.29 is 13.6 Å². The quantitative estimate of drug-likeness (QED) is 0.674.